The summed E-state index contributed by atoms with van der Waals surface area (Å²) in [6, 6.07) is 0. The molecule has 0 aliphatic heterocycles. The summed E-state index contributed by atoms with van der Waals surface area (Å²) in [7, 11) is -4.23. The van der Waals surface area contributed by atoms with Crippen molar-refractivity contribution in [3.05, 3.63) is 0 Å². The minimum Gasteiger partial charge on any atom is -1.00 e. The largest absolute Gasteiger partial charge is 1.00 e. The Morgan fingerprint density at radius 1 is 0.895 bits per heavy atom. The molecule has 1 N–H and O–H groups in total. The van der Waals surface area contributed by atoms with Crippen LogP contribution in [0.1, 0.15) is 72.6 Å². The van der Waals surface area contributed by atoms with Crippen LogP contribution in [-0.4, -0.2) is 36.9 Å². The van der Waals surface area contributed by atoms with Crippen LogP contribution >= 0.6 is 0 Å². The fraction of sp³-hybridized carbons (Fsp3) is 1.00. The van der Waals surface area contributed by atoms with Crippen LogP contribution in [0.2, 0.25) is 0 Å². The third kappa shape index (κ3) is 25.3. The van der Waals surface area contributed by atoms with Crippen LogP contribution < -0.4 is 51.4 Å². The van der Waals surface area contributed by atoms with E-state index in [1.165, 1.54) is 44.9 Å². The maximum absolute atomic E-state index is 10.2. The van der Waals surface area contributed by atoms with E-state index in [0.717, 1.165) is 12.8 Å². The number of unbranched alkanes of at least 4 members (excludes halogenated alkanes) is 9. The number of hydrogen-bond acceptors (Lipinski definition) is 3. The van der Waals surface area contributed by atoms with Gasteiger partial charge in [0.2, 0.25) is 0 Å². The molecule has 19 heavy (non-hydrogen) atoms. The van der Waals surface area contributed by atoms with Crippen LogP contribution in [0.5, 0.6) is 0 Å². The van der Waals surface area contributed by atoms with Crippen LogP contribution in [-0.2, 0) is 14.6 Å². The van der Waals surface area contributed by atoms with E-state index in [1.807, 2.05) is 0 Å². The van der Waals surface area contributed by atoms with Crippen molar-refractivity contribution in [2.45, 2.75) is 71.1 Å². The Morgan fingerprint density at radius 2 is 1.26 bits per heavy atom. The Labute approximate surface area is 173 Å². The SMILES string of the molecule is CCCCCCCCCCCCOS(=O)(=O)O.[AlH3].[H-].[K+]. The van der Waals surface area contributed by atoms with Crippen molar-refractivity contribution in [2.24, 2.45) is 0 Å². The van der Waals surface area contributed by atoms with Crippen LogP contribution in [0, 0.1) is 0 Å². The summed E-state index contributed by atoms with van der Waals surface area (Å²) in [5.41, 5.74) is 0. The second-order valence-electron chi connectivity index (χ2n) is 4.43. The Morgan fingerprint density at radius 3 is 1.63 bits per heavy atom. The predicted molar refractivity (Wildman–Crippen MR) is 80.4 cm³/mol. The van der Waals surface area contributed by atoms with Crippen molar-refractivity contribution in [1.82, 2.24) is 0 Å². The minimum absolute atomic E-state index is 0. The van der Waals surface area contributed by atoms with Gasteiger partial charge in [-0.25, -0.2) is 4.18 Å². The molecule has 0 amide bonds. The first kappa shape index (κ1) is 26.0. The molecular formula is C12H30AlKO4S. The molecule has 0 unspecified atom stereocenters. The molecule has 0 fully saturated rings. The van der Waals surface area contributed by atoms with E-state index in [9.17, 15) is 8.42 Å². The maximum Gasteiger partial charge on any atom is 1.00 e. The predicted octanol–water partition coefficient (Wildman–Crippen LogP) is -0.341. The topological polar surface area (TPSA) is 63.6 Å². The average Bonchev–Trinajstić information content (AvgIpc) is 2.24. The molecule has 0 radical (unpaired) electrons. The van der Waals surface area contributed by atoms with Crippen LogP contribution in [0.25, 0.3) is 0 Å². The summed E-state index contributed by atoms with van der Waals surface area (Å²) in [5, 5.41) is 0. The van der Waals surface area contributed by atoms with E-state index in [2.05, 4.69) is 11.1 Å². The molecule has 0 spiro atoms. The molecule has 0 aromatic rings. The van der Waals surface area contributed by atoms with E-state index >= 15 is 0 Å². The van der Waals surface area contributed by atoms with Crippen LogP contribution in [0.15, 0.2) is 0 Å². The summed E-state index contributed by atoms with van der Waals surface area (Å²) in [6.45, 7) is 2.31. The monoisotopic (exact) mass is 336 g/mol. The summed E-state index contributed by atoms with van der Waals surface area (Å²) in [6.07, 6.45) is 11.9. The fourth-order valence-corrected chi connectivity index (χ4v) is 2.08. The molecule has 0 saturated carbocycles. The molecule has 0 aliphatic carbocycles. The Bertz CT molecular complexity index is 266. The minimum atomic E-state index is -4.23. The molecule has 7 heteroatoms. The van der Waals surface area contributed by atoms with E-state index in [-0.39, 0.29) is 76.8 Å². The van der Waals surface area contributed by atoms with Gasteiger partial charge in [-0.1, -0.05) is 64.7 Å². The van der Waals surface area contributed by atoms with Gasteiger partial charge >= 0.3 is 61.8 Å². The first-order chi connectivity index (χ1) is 8.06. The van der Waals surface area contributed by atoms with Gasteiger partial charge in [-0.05, 0) is 6.42 Å². The number of hydrogen-bond donors (Lipinski definition) is 1. The molecule has 0 aromatic carbocycles. The third-order valence-corrected chi connectivity index (χ3v) is 3.19. The van der Waals surface area contributed by atoms with Gasteiger partial charge < -0.3 is 1.43 Å². The van der Waals surface area contributed by atoms with Gasteiger partial charge in [0, 0.05) is 0 Å². The van der Waals surface area contributed by atoms with E-state index in [0.29, 0.717) is 6.42 Å². The molecule has 0 aliphatic rings. The van der Waals surface area contributed by atoms with Crippen LogP contribution in [0.3, 0.4) is 0 Å². The summed E-state index contributed by atoms with van der Waals surface area (Å²) in [5.74, 6) is 0. The van der Waals surface area contributed by atoms with Crippen molar-refractivity contribution >= 4 is 27.8 Å². The van der Waals surface area contributed by atoms with Gasteiger partial charge in [0.1, 0.15) is 0 Å². The molecule has 0 atom stereocenters. The average molecular weight is 337 g/mol. The van der Waals surface area contributed by atoms with Gasteiger partial charge in [-0.2, -0.15) is 8.42 Å². The third-order valence-electron chi connectivity index (χ3n) is 2.73. The fourth-order valence-electron chi connectivity index (χ4n) is 1.75. The molecule has 0 rings (SSSR count). The Balaban J connectivity index is -0.000000427. The molecule has 112 valence electrons. The van der Waals surface area contributed by atoms with Gasteiger partial charge in [-0.15, -0.1) is 0 Å². The molecule has 0 saturated heterocycles. The maximum atomic E-state index is 10.2. The first-order valence-corrected chi connectivity index (χ1v) is 8.04. The smallest absolute Gasteiger partial charge is 1.00 e. The van der Waals surface area contributed by atoms with E-state index < -0.39 is 10.4 Å². The quantitative estimate of drug-likeness (QED) is 0.301. The van der Waals surface area contributed by atoms with Crippen LogP contribution in [0.4, 0.5) is 0 Å². The second kappa shape index (κ2) is 18.1. The van der Waals surface area contributed by atoms with Gasteiger partial charge in [0.15, 0.2) is 17.4 Å². The van der Waals surface area contributed by atoms with Gasteiger partial charge in [0.05, 0.1) is 6.61 Å². The van der Waals surface area contributed by atoms with Crippen molar-refractivity contribution < 1.29 is 70.0 Å². The molecular weight excluding hydrogens is 306 g/mol. The summed E-state index contributed by atoms with van der Waals surface area (Å²) in [4.78, 5) is 0. The van der Waals surface area contributed by atoms with Gasteiger partial charge in [0.25, 0.3) is 0 Å². The van der Waals surface area contributed by atoms with E-state index in [1.54, 1.807) is 0 Å². The summed E-state index contributed by atoms with van der Waals surface area (Å²) < 4.78 is 33.0. The van der Waals surface area contributed by atoms with Crippen molar-refractivity contribution in [2.75, 3.05) is 6.61 Å². The zero-order chi connectivity index (χ0) is 13.0. The molecule has 0 heterocycles. The normalized spacial score (nSPS) is 10.6. The van der Waals surface area contributed by atoms with E-state index in [4.69, 9.17) is 4.55 Å². The van der Waals surface area contributed by atoms with Gasteiger partial charge in [-0.3, -0.25) is 4.55 Å². The zero-order valence-corrected chi connectivity index (χ0v) is 15.8. The Hall–Kier alpha value is 2.04. The zero-order valence-electron chi connectivity index (χ0n) is 12.9. The van der Waals surface area contributed by atoms with Crippen molar-refractivity contribution in [1.29, 1.82) is 0 Å². The number of rotatable bonds is 12. The molecule has 0 aromatic heterocycles. The second-order valence-corrected chi connectivity index (χ2v) is 5.52. The van der Waals surface area contributed by atoms with Crippen molar-refractivity contribution in [3.8, 4) is 0 Å². The molecule has 0 bridgehead atoms. The Kier molecular flexibility index (Phi) is 24.7. The molecule has 4 nitrogen and oxygen atoms in total. The summed E-state index contributed by atoms with van der Waals surface area (Å²) >= 11 is 0. The first-order valence-electron chi connectivity index (χ1n) is 6.68. The van der Waals surface area contributed by atoms with Crippen molar-refractivity contribution in [3.63, 3.8) is 0 Å². The standard InChI is InChI=1S/C12H26O4S.Al.K.4H/c1-2-3-4-5-6-7-8-9-10-11-12-16-17(13,14)15;;;;;;/h2-12H2,1H3,(H,13,14,15);;;;;;/q;;+1;;;;-1.